The summed E-state index contributed by atoms with van der Waals surface area (Å²) < 4.78 is 10.3. The lowest BCUT2D eigenvalue weighted by molar-refractivity contribution is -0.199. The Morgan fingerprint density at radius 1 is 1.33 bits per heavy atom. The Morgan fingerprint density at radius 2 is 2.08 bits per heavy atom. The van der Waals surface area contributed by atoms with Gasteiger partial charge >= 0.3 is 0 Å². The summed E-state index contributed by atoms with van der Waals surface area (Å²) in [6, 6.07) is 0. The monoisotopic (exact) mass is 172 g/mol. The Morgan fingerprint density at radius 3 is 2.75 bits per heavy atom. The Balaban J connectivity index is 2.19. The van der Waals surface area contributed by atoms with Crippen LogP contribution in [0.15, 0.2) is 12.7 Å². The predicted molar refractivity (Wildman–Crippen MR) is 40.3 cm³/mol. The molecular formula is C8H12O4. The van der Waals surface area contributed by atoms with Gasteiger partial charge in [0.15, 0.2) is 6.29 Å². The Labute approximate surface area is 70.4 Å². The standard InChI is InChI=1S/C8H12O4/c1-2-4-6(9)5-3-11-8(12-5)7(4)10/h2,4-10H,1,3H2/t4-,5+,6-,7-,8+/m0/s1. The molecule has 0 aromatic carbocycles. The van der Waals surface area contributed by atoms with Crippen LogP contribution in [0.2, 0.25) is 0 Å². The summed E-state index contributed by atoms with van der Waals surface area (Å²) in [6.45, 7) is 3.91. The van der Waals surface area contributed by atoms with Crippen molar-refractivity contribution < 1.29 is 19.7 Å². The SMILES string of the molecule is C=C[C@@H]1[C@H](O)[C@@H]2OC[C@@H](O2)[C@H]1O. The molecule has 0 aliphatic carbocycles. The summed E-state index contributed by atoms with van der Waals surface area (Å²) in [7, 11) is 0. The molecule has 2 aliphatic rings. The molecule has 2 heterocycles. The minimum absolute atomic E-state index is 0.304. The van der Waals surface area contributed by atoms with Crippen molar-refractivity contribution in [3.63, 3.8) is 0 Å². The Bertz CT molecular complexity index is 177. The molecule has 0 spiro atoms. The zero-order valence-corrected chi connectivity index (χ0v) is 6.59. The van der Waals surface area contributed by atoms with Gasteiger partial charge in [-0.15, -0.1) is 6.58 Å². The number of aliphatic hydroxyl groups is 2. The van der Waals surface area contributed by atoms with E-state index in [2.05, 4.69) is 6.58 Å². The molecule has 0 aromatic rings. The maximum atomic E-state index is 9.59. The van der Waals surface area contributed by atoms with Crippen LogP contribution in [0, 0.1) is 5.92 Å². The zero-order valence-electron chi connectivity index (χ0n) is 6.59. The van der Waals surface area contributed by atoms with Gasteiger partial charge in [0.1, 0.15) is 12.2 Å². The minimum Gasteiger partial charge on any atom is -0.390 e. The van der Waals surface area contributed by atoms with Gasteiger partial charge in [-0.2, -0.15) is 0 Å². The van der Waals surface area contributed by atoms with Gasteiger partial charge in [0.2, 0.25) is 0 Å². The first-order valence-electron chi connectivity index (χ1n) is 4.00. The molecule has 4 nitrogen and oxygen atoms in total. The third-order valence-corrected chi connectivity index (χ3v) is 2.45. The summed E-state index contributed by atoms with van der Waals surface area (Å²) in [6.07, 6.45) is -0.831. The average molecular weight is 172 g/mol. The number of aliphatic hydroxyl groups excluding tert-OH is 2. The molecule has 68 valence electrons. The molecule has 0 saturated carbocycles. The van der Waals surface area contributed by atoms with E-state index in [4.69, 9.17) is 9.47 Å². The van der Waals surface area contributed by atoms with E-state index in [9.17, 15) is 10.2 Å². The number of fused-ring (bicyclic) bond motifs is 2. The van der Waals surface area contributed by atoms with E-state index >= 15 is 0 Å². The third kappa shape index (κ3) is 0.998. The van der Waals surface area contributed by atoms with E-state index in [1.807, 2.05) is 0 Å². The lowest BCUT2D eigenvalue weighted by Crippen LogP contribution is -2.49. The van der Waals surface area contributed by atoms with Crippen molar-refractivity contribution in [2.75, 3.05) is 6.61 Å². The maximum absolute atomic E-state index is 9.59. The number of ether oxygens (including phenoxy) is 2. The highest BCUT2D eigenvalue weighted by Crippen LogP contribution is 2.32. The molecule has 0 radical (unpaired) electrons. The second-order valence-electron chi connectivity index (χ2n) is 3.17. The topological polar surface area (TPSA) is 58.9 Å². The molecule has 0 aromatic heterocycles. The van der Waals surface area contributed by atoms with E-state index in [0.29, 0.717) is 6.61 Å². The van der Waals surface area contributed by atoms with Gasteiger partial charge in [-0.1, -0.05) is 6.08 Å². The van der Waals surface area contributed by atoms with E-state index in [-0.39, 0.29) is 12.0 Å². The molecule has 0 amide bonds. The van der Waals surface area contributed by atoms with Crippen LogP contribution < -0.4 is 0 Å². The average Bonchev–Trinajstić information content (AvgIpc) is 2.48. The van der Waals surface area contributed by atoms with Crippen molar-refractivity contribution in [2.45, 2.75) is 24.6 Å². The van der Waals surface area contributed by atoms with Crippen molar-refractivity contribution in [3.05, 3.63) is 12.7 Å². The van der Waals surface area contributed by atoms with Gasteiger partial charge in [0.25, 0.3) is 0 Å². The van der Waals surface area contributed by atoms with Crippen LogP contribution in [0.4, 0.5) is 0 Å². The van der Waals surface area contributed by atoms with Crippen LogP contribution >= 0.6 is 0 Å². The highest BCUT2D eigenvalue weighted by atomic mass is 16.7. The van der Waals surface area contributed by atoms with Crippen LogP contribution in [0.25, 0.3) is 0 Å². The molecule has 12 heavy (non-hydrogen) atoms. The van der Waals surface area contributed by atoms with Crippen molar-refractivity contribution in [2.24, 2.45) is 5.92 Å². The first kappa shape index (κ1) is 8.19. The fourth-order valence-corrected chi connectivity index (χ4v) is 1.71. The number of hydrogen-bond acceptors (Lipinski definition) is 4. The molecule has 2 fully saturated rings. The van der Waals surface area contributed by atoms with Gasteiger partial charge in [-0.25, -0.2) is 0 Å². The third-order valence-electron chi connectivity index (χ3n) is 2.45. The predicted octanol–water partition coefficient (Wildman–Crippen LogP) is -0.735. The summed E-state index contributed by atoms with van der Waals surface area (Å²) in [5.74, 6) is -0.337. The van der Waals surface area contributed by atoms with Crippen LogP contribution in [0.1, 0.15) is 0 Å². The molecule has 0 unspecified atom stereocenters. The Hall–Kier alpha value is -0.420. The van der Waals surface area contributed by atoms with E-state index in [0.717, 1.165) is 0 Å². The lowest BCUT2D eigenvalue weighted by Gasteiger charge is -2.33. The summed E-state index contributed by atoms with van der Waals surface area (Å²) in [5.41, 5.74) is 0. The fraction of sp³-hybridized carbons (Fsp3) is 0.750. The van der Waals surface area contributed by atoms with Crippen LogP contribution in [0.3, 0.4) is 0 Å². The van der Waals surface area contributed by atoms with Crippen LogP contribution in [-0.2, 0) is 9.47 Å². The second-order valence-corrected chi connectivity index (χ2v) is 3.17. The van der Waals surface area contributed by atoms with Crippen molar-refractivity contribution in [1.29, 1.82) is 0 Å². The number of hydrogen-bond donors (Lipinski definition) is 2. The van der Waals surface area contributed by atoms with E-state index < -0.39 is 18.5 Å². The molecule has 2 bridgehead atoms. The largest absolute Gasteiger partial charge is 0.390 e. The van der Waals surface area contributed by atoms with Gasteiger partial charge in [0, 0.05) is 5.92 Å². The maximum Gasteiger partial charge on any atom is 0.184 e. The summed E-state index contributed by atoms with van der Waals surface area (Å²) in [4.78, 5) is 0. The molecule has 5 atom stereocenters. The normalized spacial score (nSPS) is 52.3. The lowest BCUT2D eigenvalue weighted by atomic mass is 9.91. The molecular weight excluding hydrogens is 160 g/mol. The molecule has 4 heteroatoms. The second kappa shape index (κ2) is 2.81. The van der Waals surface area contributed by atoms with Crippen molar-refractivity contribution >= 4 is 0 Å². The van der Waals surface area contributed by atoms with E-state index in [1.165, 1.54) is 0 Å². The fourth-order valence-electron chi connectivity index (χ4n) is 1.71. The first-order valence-corrected chi connectivity index (χ1v) is 4.00. The molecule has 2 saturated heterocycles. The quantitative estimate of drug-likeness (QED) is 0.512. The van der Waals surface area contributed by atoms with Crippen molar-refractivity contribution in [1.82, 2.24) is 0 Å². The van der Waals surface area contributed by atoms with Gasteiger partial charge < -0.3 is 19.7 Å². The van der Waals surface area contributed by atoms with Crippen LogP contribution in [0.5, 0.6) is 0 Å². The summed E-state index contributed by atoms with van der Waals surface area (Å²) >= 11 is 0. The first-order chi connectivity index (χ1) is 5.74. The highest BCUT2D eigenvalue weighted by Gasteiger charge is 2.48. The zero-order chi connectivity index (χ0) is 8.72. The number of rotatable bonds is 1. The summed E-state index contributed by atoms with van der Waals surface area (Å²) in [5, 5.41) is 19.1. The molecule has 2 rings (SSSR count). The van der Waals surface area contributed by atoms with Gasteiger partial charge in [0.05, 0.1) is 12.7 Å². The van der Waals surface area contributed by atoms with Crippen LogP contribution in [-0.4, -0.2) is 41.4 Å². The minimum atomic E-state index is -0.795. The van der Waals surface area contributed by atoms with Gasteiger partial charge in [-0.3, -0.25) is 0 Å². The smallest absolute Gasteiger partial charge is 0.184 e. The molecule has 2 aliphatic heterocycles. The highest BCUT2D eigenvalue weighted by molar-refractivity contribution is 5.00. The van der Waals surface area contributed by atoms with Gasteiger partial charge in [-0.05, 0) is 0 Å². The van der Waals surface area contributed by atoms with Crippen molar-refractivity contribution in [3.8, 4) is 0 Å². The Kier molecular flexibility index (Phi) is 1.92. The molecule has 2 N–H and O–H groups in total. The van der Waals surface area contributed by atoms with E-state index in [1.54, 1.807) is 6.08 Å².